The molecule has 0 aromatic rings. The SMILES string of the molecule is O=C1CCCCC1SCCOCCOCCSC1CCCCC1=O. The Kier molecular flexibility index (Phi) is 10.4. The van der Waals surface area contributed by atoms with Gasteiger partial charge in [-0.2, -0.15) is 0 Å². The molecule has 24 heavy (non-hydrogen) atoms. The zero-order valence-corrected chi connectivity index (χ0v) is 16.1. The summed E-state index contributed by atoms with van der Waals surface area (Å²) in [6.45, 7) is 2.57. The van der Waals surface area contributed by atoms with Crippen molar-refractivity contribution in [2.75, 3.05) is 37.9 Å². The van der Waals surface area contributed by atoms with Crippen molar-refractivity contribution < 1.29 is 19.1 Å². The number of hydrogen-bond donors (Lipinski definition) is 0. The number of hydrogen-bond acceptors (Lipinski definition) is 6. The van der Waals surface area contributed by atoms with Crippen molar-refractivity contribution in [2.45, 2.75) is 61.9 Å². The molecule has 2 aliphatic rings. The highest BCUT2D eigenvalue weighted by molar-refractivity contribution is 8.00. The largest absolute Gasteiger partial charge is 0.378 e. The third kappa shape index (κ3) is 7.89. The van der Waals surface area contributed by atoms with E-state index in [2.05, 4.69) is 0 Å². The summed E-state index contributed by atoms with van der Waals surface area (Å²) in [5, 5.41) is 0.413. The van der Waals surface area contributed by atoms with E-state index in [0.717, 1.165) is 50.0 Å². The van der Waals surface area contributed by atoms with Crippen LogP contribution in [0.2, 0.25) is 0 Å². The van der Waals surface area contributed by atoms with Crippen LogP contribution in [0.1, 0.15) is 51.4 Å². The van der Waals surface area contributed by atoms with E-state index in [1.165, 1.54) is 12.8 Å². The minimum Gasteiger partial charge on any atom is -0.378 e. The molecule has 0 radical (unpaired) electrons. The highest BCUT2D eigenvalue weighted by Gasteiger charge is 2.22. The lowest BCUT2D eigenvalue weighted by Gasteiger charge is -2.20. The smallest absolute Gasteiger partial charge is 0.145 e. The standard InChI is InChI=1S/C18H30O4S2/c19-15-5-1-3-7-17(15)23-13-11-21-9-10-22-12-14-24-18-8-4-2-6-16(18)20/h17-18H,1-14H2. The van der Waals surface area contributed by atoms with Crippen LogP contribution in [-0.4, -0.2) is 60.0 Å². The maximum Gasteiger partial charge on any atom is 0.145 e. The summed E-state index contributed by atoms with van der Waals surface area (Å²) in [5.41, 5.74) is 0. The van der Waals surface area contributed by atoms with Gasteiger partial charge in [0, 0.05) is 24.3 Å². The van der Waals surface area contributed by atoms with E-state index < -0.39 is 0 Å². The Labute approximate surface area is 154 Å². The van der Waals surface area contributed by atoms with Gasteiger partial charge in [0.15, 0.2) is 0 Å². The van der Waals surface area contributed by atoms with Gasteiger partial charge in [-0.05, 0) is 25.7 Å². The van der Waals surface area contributed by atoms with E-state index in [1.54, 1.807) is 23.5 Å². The molecule has 0 N–H and O–H groups in total. The van der Waals surface area contributed by atoms with E-state index in [1.807, 2.05) is 0 Å². The predicted octanol–water partition coefficient (Wildman–Crippen LogP) is 3.51. The highest BCUT2D eigenvalue weighted by atomic mass is 32.2. The van der Waals surface area contributed by atoms with E-state index >= 15 is 0 Å². The van der Waals surface area contributed by atoms with Gasteiger partial charge in [0.2, 0.25) is 0 Å². The molecule has 0 aromatic carbocycles. The summed E-state index contributed by atoms with van der Waals surface area (Å²) in [6.07, 6.45) is 8.09. The van der Waals surface area contributed by atoms with Gasteiger partial charge in [-0.1, -0.05) is 12.8 Å². The van der Waals surface area contributed by atoms with Crippen molar-refractivity contribution in [3.63, 3.8) is 0 Å². The highest BCUT2D eigenvalue weighted by Crippen LogP contribution is 2.26. The topological polar surface area (TPSA) is 52.6 Å². The van der Waals surface area contributed by atoms with Crippen molar-refractivity contribution in [3.8, 4) is 0 Å². The Morgan fingerprint density at radius 3 is 1.58 bits per heavy atom. The molecule has 0 bridgehead atoms. The number of carbonyl (C=O) groups is 2. The van der Waals surface area contributed by atoms with Crippen LogP contribution in [-0.2, 0) is 19.1 Å². The van der Waals surface area contributed by atoms with Crippen LogP contribution < -0.4 is 0 Å². The van der Waals surface area contributed by atoms with E-state index in [9.17, 15) is 9.59 Å². The van der Waals surface area contributed by atoms with Gasteiger partial charge >= 0.3 is 0 Å². The molecule has 0 amide bonds. The second-order valence-electron chi connectivity index (χ2n) is 6.37. The Morgan fingerprint density at radius 2 is 1.17 bits per heavy atom. The molecule has 2 rings (SSSR count). The van der Waals surface area contributed by atoms with Crippen LogP contribution in [0, 0.1) is 0 Å². The lowest BCUT2D eigenvalue weighted by molar-refractivity contribution is -0.120. The molecular weight excluding hydrogens is 344 g/mol. The Morgan fingerprint density at radius 1 is 0.708 bits per heavy atom. The van der Waals surface area contributed by atoms with Gasteiger partial charge in [-0.25, -0.2) is 0 Å². The van der Waals surface area contributed by atoms with Gasteiger partial charge in [0.25, 0.3) is 0 Å². The third-order valence-corrected chi connectivity index (χ3v) is 7.07. The number of ketones is 2. The summed E-state index contributed by atoms with van der Waals surface area (Å²) in [4.78, 5) is 23.4. The van der Waals surface area contributed by atoms with E-state index in [4.69, 9.17) is 9.47 Å². The van der Waals surface area contributed by atoms with Gasteiger partial charge in [-0.3, -0.25) is 9.59 Å². The first-order valence-electron chi connectivity index (χ1n) is 9.21. The summed E-state index contributed by atoms with van der Waals surface area (Å²) < 4.78 is 11.1. The van der Waals surface area contributed by atoms with Crippen LogP contribution in [0.25, 0.3) is 0 Å². The van der Waals surface area contributed by atoms with Gasteiger partial charge in [0.1, 0.15) is 11.6 Å². The molecule has 0 aliphatic heterocycles. The maximum atomic E-state index is 11.7. The Balaban J connectivity index is 1.35. The van der Waals surface area contributed by atoms with Crippen molar-refractivity contribution in [3.05, 3.63) is 0 Å². The molecule has 4 nitrogen and oxygen atoms in total. The molecule has 0 heterocycles. The van der Waals surface area contributed by atoms with Crippen LogP contribution in [0.4, 0.5) is 0 Å². The number of rotatable bonds is 11. The monoisotopic (exact) mass is 374 g/mol. The summed E-state index contributed by atoms with van der Waals surface area (Å²) in [7, 11) is 0. The van der Waals surface area contributed by atoms with Gasteiger partial charge in [-0.15, -0.1) is 23.5 Å². The Hall–Kier alpha value is -0.0400. The summed E-state index contributed by atoms with van der Waals surface area (Å²) in [6, 6.07) is 0. The third-order valence-electron chi connectivity index (χ3n) is 4.46. The van der Waals surface area contributed by atoms with E-state index in [-0.39, 0.29) is 10.5 Å². The molecule has 0 aromatic heterocycles. The molecular formula is C18H30O4S2. The second-order valence-corrected chi connectivity index (χ2v) is 8.99. The van der Waals surface area contributed by atoms with Crippen LogP contribution >= 0.6 is 23.5 Å². The Bertz CT molecular complexity index is 353. The van der Waals surface area contributed by atoms with E-state index in [0.29, 0.717) is 38.0 Å². The average Bonchev–Trinajstić information content (AvgIpc) is 2.59. The van der Waals surface area contributed by atoms with Crippen molar-refractivity contribution in [2.24, 2.45) is 0 Å². The molecule has 2 aliphatic carbocycles. The molecule has 0 spiro atoms. The normalized spacial score (nSPS) is 25.2. The molecule has 2 saturated carbocycles. The first-order valence-corrected chi connectivity index (χ1v) is 11.3. The molecule has 2 fully saturated rings. The van der Waals surface area contributed by atoms with Crippen molar-refractivity contribution >= 4 is 35.1 Å². The molecule has 2 atom stereocenters. The number of ether oxygens (including phenoxy) is 2. The summed E-state index contributed by atoms with van der Waals surface area (Å²) >= 11 is 3.49. The first-order chi connectivity index (χ1) is 11.8. The predicted molar refractivity (Wildman–Crippen MR) is 101 cm³/mol. The van der Waals surface area contributed by atoms with Crippen molar-refractivity contribution in [1.82, 2.24) is 0 Å². The average molecular weight is 375 g/mol. The molecule has 138 valence electrons. The minimum atomic E-state index is 0.207. The number of carbonyl (C=O) groups excluding carboxylic acids is 2. The fourth-order valence-corrected chi connectivity index (χ4v) is 5.35. The maximum absolute atomic E-state index is 11.7. The van der Waals surface area contributed by atoms with Crippen LogP contribution in [0.5, 0.6) is 0 Å². The van der Waals surface area contributed by atoms with Gasteiger partial charge < -0.3 is 9.47 Å². The zero-order valence-electron chi connectivity index (χ0n) is 14.5. The first kappa shape index (κ1) is 20.3. The lowest BCUT2D eigenvalue weighted by Crippen LogP contribution is -2.22. The van der Waals surface area contributed by atoms with Crippen molar-refractivity contribution in [1.29, 1.82) is 0 Å². The quantitative estimate of drug-likeness (QED) is 0.516. The second kappa shape index (κ2) is 12.3. The van der Waals surface area contributed by atoms with Crippen LogP contribution in [0.15, 0.2) is 0 Å². The molecule has 2 unspecified atom stereocenters. The lowest BCUT2D eigenvalue weighted by atomic mass is 9.99. The number of thioether (sulfide) groups is 2. The fourth-order valence-electron chi connectivity index (χ4n) is 3.08. The minimum absolute atomic E-state index is 0.207. The van der Waals surface area contributed by atoms with Gasteiger partial charge in [0.05, 0.1) is 36.9 Å². The summed E-state index contributed by atoms with van der Waals surface area (Å²) in [5.74, 6) is 2.61. The molecule has 0 saturated heterocycles. The molecule has 6 heteroatoms. The van der Waals surface area contributed by atoms with Crippen LogP contribution in [0.3, 0.4) is 0 Å². The number of Topliss-reactive ketones (excluding diaryl/α,β-unsaturated/α-hetero) is 2. The zero-order chi connectivity index (χ0) is 17.0. The fraction of sp³-hybridized carbons (Fsp3) is 0.889.